The topological polar surface area (TPSA) is 114 Å². The normalized spacial score (nSPS) is 11.4. The van der Waals surface area contributed by atoms with Gasteiger partial charge in [0, 0.05) is 24.9 Å². The number of carboxylic acid groups (broad SMARTS) is 1. The Morgan fingerprint density at radius 2 is 1.87 bits per heavy atom. The van der Waals surface area contributed by atoms with Crippen LogP contribution in [0.4, 0.5) is 13.2 Å². The zero-order chi connectivity index (χ0) is 23.3. The van der Waals surface area contributed by atoms with E-state index in [-0.39, 0.29) is 18.5 Å². The monoisotopic (exact) mass is 441 g/mol. The highest BCUT2D eigenvalue weighted by atomic mass is 19.4. The van der Waals surface area contributed by atoms with Crippen molar-refractivity contribution >= 4 is 17.5 Å². The van der Waals surface area contributed by atoms with Gasteiger partial charge in [-0.05, 0) is 32.4 Å². The van der Waals surface area contributed by atoms with E-state index in [1.54, 1.807) is 11.1 Å². The molecule has 0 aliphatic heterocycles. The summed E-state index contributed by atoms with van der Waals surface area (Å²) in [5.41, 5.74) is 2.26. The number of pyridine rings is 1. The summed E-state index contributed by atoms with van der Waals surface area (Å²) in [6, 6.07) is 3.86. The molecule has 31 heavy (non-hydrogen) atoms. The number of aliphatic carboxylic acids is 1. The molecule has 12 heteroatoms. The van der Waals surface area contributed by atoms with E-state index in [0.29, 0.717) is 23.8 Å². The maximum atomic E-state index is 12.9. The molecule has 0 spiro atoms. The van der Waals surface area contributed by atoms with Gasteiger partial charge in [0.2, 0.25) is 5.89 Å². The Morgan fingerprint density at radius 3 is 2.39 bits per heavy atom. The second-order valence-corrected chi connectivity index (χ2v) is 6.89. The van der Waals surface area contributed by atoms with Gasteiger partial charge >= 0.3 is 12.1 Å². The number of carbonyl (C=O) groups excluding carboxylic acids is 1. The summed E-state index contributed by atoms with van der Waals surface area (Å²) in [5, 5.41) is 11.0. The average Bonchev–Trinajstić information content (AvgIpc) is 3.31. The van der Waals surface area contributed by atoms with Crippen molar-refractivity contribution in [1.82, 2.24) is 24.4 Å². The minimum Gasteiger partial charge on any atom is -0.475 e. The molecular weight excluding hydrogens is 419 g/mol. The standard InChI is InChI=1S/C17H21N5O2.C2HF3O2/c1-5-14-19-16(24-20-14)10-22(11(2)3)17(23)13-9-21-8-12(4)6-7-15(21)18-13;3-2(4,5)1(6)7/h6-9,11H,5,10H2,1-4H3;(H,6,7). The second-order valence-electron chi connectivity index (χ2n) is 6.89. The highest BCUT2D eigenvalue weighted by Crippen LogP contribution is 2.15. The fourth-order valence-electron chi connectivity index (χ4n) is 2.49. The van der Waals surface area contributed by atoms with Crippen molar-refractivity contribution in [2.75, 3.05) is 0 Å². The van der Waals surface area contributed by atoms with E-state index < -0.39 is 12.1 Å². The maximum absolute atomic E-state index is 12.9. The number of amides is 1. The fraction of sp³-hybridized carbons (Fsp3) is 0.421. The minimum absolute atomic E-state index is 0.0129. The van der Waals surface area contributed by atoms with E-state index in [1.165, 1.54) is 0 Å². The van der Waals surface area contributed by atoms with Gasteiger partial charge in [-0.15, -0.1) is 0 Å². The van der Waals surface area contributed by atoms with Crippen LogP contribution in [0, 0.1) is 6.92 Å². The molecule has 168 valence electrons. The number of halogens is 3. The number of carboxylic acids is 1. The lowest BCUT2D eigenvalue weighted by molar-refractivity contribution is -0.192. The number of fused-ring (bicyclic) bond motifs is 1. The second kappa shape index (κ2) is 9.58. The van der Waals surface area contributed by atoms with E-state index in [1.807, 2.05) is 50.4 Å². The SMILES string of the molecule is CCc1noc(CN(C(=O)c2cn3cc(C)ccc3n2)C(C)C)n1.O=C(O)C(F)(F)F. The summed E-state index contributed by atoms with van der Waals surface area (Å²) in [4.78, 5) is 32.2. The van der Waals surface area contributed by atoms with Crippen LogP contribution in [0.25, 0.3) is 5.65 Å². The van der Waals surface area contributed by atoms with Crippen molar-refractivity contribution in [3.63, 3.8) is 0 Å². The number of rotatable bonds is 5. The Hall–Kier alpha value is -3.44. The molecule has 3 aromatic rings. The molecule has 0 radical (unpaired) electrons. The molecule has 1 N–H and O–H groups in total. The smallest absolute Gasteiger partial charge is 0.475 e. The van der Waals surface area contributed by atoms with E-state index in [9.17, 15) is 18.0 Å². The molecule has 0 aliphatic rings. The molecule has 0 aliphatic carbocycles. The summed E-state index contributed by atoms with van der Waals surface area (Å²) < 4.78 is 38.8. The van der Waals surface area contributed by atoms with Gasteiger partial charge in [-0.25, -0.2) is 9.78 Å². The van der Waals surface area contributed by atoms with E-state index in [4.69, 9.17) is 14.4 Å². The molecular formula is C19H22F3N5O4. The van der Waals surface area contributed by atoms with Crippen LogP contribution >= 0.6 is 0 Å². The fourth-order valence-corrected chi connectivity index (χ4v) is 2.49. The molecule has 0 saturated carbocycles. The number of hydrogen-bond acceptors (Lipinski definition) is 6. The van der Waals surface area contributed by atoms with Crippen LogP contribution < -0.4 is 0 Å². The number of hydrogen-bond donors (Lipinski definition) is 1. The van der Waals surface area contributed by atoms with E-state index in [0.717, 1.165) is 11.2 Å². The number of aryl methyl sites for hydroxylation is 2. The van der Waals surface area contributed by atoms with Gasteiger partial charge in [-0.1, -0.05) is 18.1 Å². The Labute approximate surface area is 175 Å². The molecule has 0 aromatic carbocycles. The van der Waals surface area contributed by atoms with Crippen LogP contribution in [0.3, 0.4) is 0 Å². The molecule has 9 nitrogen and oxygen atoms in total. The highest BCUT2D eigenvalue weighted by molar-refractivity contribution is 5.93. The highest BCUT2D eigenvalue weighted by Gasteiger charge is 2.38. The van der Waals surface area contributed by atoms with Gasteiger partial charge in [0.1, 0.15) is 17.9 Å². The van der Waals surface area contributed by atoms with Gasteiger partial charge in [-0.2, -0.15) is 18.2 Å². The molecule has 0 bridgehead atoms. The van der Waals surface area contributed by atoms with Crippen LogP contribution in [-0.2, 0) is 17.8 Å². The predicted octanol–water partition coefficient (Wildman–Crippen LogP) is 3.27. The van der Waals surface area contributed by atoms with Crippen molar-refractivity contribution in [3.05, 3.63) is 47.5 Å². The Bertz CT molecular complexity index is 1060. The first-order chi connectivity index (χ1) is 14.4. The number of aromatic nitrogens is 4. The first-order valence-electron chi connectivity index (χ1n) is 9.30. The quantitative estimate of drug-likeness (QED) is 0.646. The predicted molar refractivity (Wildman–Crippen MR) is 102 cm³/mol. The largest absolute Gasteiger partial charge is 0.490 e. The maximum Gasteiger partial charge on any atom is 0.490 e. The average molecular weight is 441 g/mol. The third-order valence-electron chi connectivity index (χ3n) is 4.08. The molecule has 1 amide bonds. The molecule has 3 rings (SSSR count). The van der Waals surface area contributed by atoms with Crippen molar-refractivity contribution in [3.8, 4) is 0 Å². The van der Waals surface area contributed by atoms with Gasteiger partial charge in [0.15, 0.2) is 5.82 Å². The molecule has 3 aromatic heterocycles. The van der Waals surface area contributed by atoms with Gasteiger partial charge in [0.05, 0.1) is 0 Å². The van der Waals surface area contributed by atoms with Crippen molar-refractivity contribution in [2.24, 2.45) is 0 Å². The van der Waals surface area contributed by atoms with Crippen molar-refractivity contribution in [2.45, 2.75) is 52.9 Å². The van der Waals surface area contributed by atoms with Crippen molar-refractivity contribution < 1.29 is 32.4 Å². The van der Waals surface area contributed by atoms with Crippen LogP contribution in [0.2, 0.25) is 0 Å². The Morgan fingerprint density at radius 1 is 1.23 bits per heavy atom. The third kappa shape index (κ3) is 6.27. The summed E-state index contributed by atoms with van der Waals surface area (Å²) in [6.45, 7) is 8.14. The number of alkyl halides is 3. The lowest BCUT2D eigenvalue weighted by Gasteiger charge is -2.24. The zero-order valence-electron chi connectivity index (χ0n) is 17.3. The van der Waals surface area contributed by atoms with E-state index in [2.05, 4.69) is 15.1 Å². The number of carbonyl (C=O) groups is 2. The summed E-state index contributed by atoms with van der Waals surface area (Å²) >= 11 is 0. The third-order valence-corrected chi connectivity index (χ3v) is 4.08. The van der Waals surface area contributed by atoms with Gasteiger partial charge < -0.3 is 18.9 Å². The molecule has 0 saturated heterocycles. The van der Waals surface area contributed by atoms with Crippen LogP contribution in [0.1, 0.15) is 48.5 Å². The summed E-state index contributed by atoms with van der Waals surface area (Å²) in [6.07, 6.45) is -0.680. The lowest BCUT2D eigenvalue weighted by Crippen LogP contribution is -2.36. The molecule has 0 fully saturated rings. The van der Waals surface area contributed by atoms with Crippen LogP contribution in [-0.4, -0.2) is 53.6 Å². The van der Waals surface area contributed by atoms with Crippen LogP contribution in [0.5, 0.6) is 0 Å². The minimum atomic E-state index is -5.08. The summed E-state index contributed by atoms with van der Waals surface area (Å²) in [7, 11) is 0. The van der Waals surface area contributed by atoms with Crippen molar-refractivity contribution in [1.29, 1.82) is 0 Å². The lowest BCUT2D eigenvalue weighted by atomic mass is 10.2. The first-order valence-corrected chi connectivity index (χ1v) is 9.30. The number of nitrogens with zero attached hydrogens (tertiary/aromatic N) is 5. The van der Waals surface area contributed by atoms with Crippen LogP contribution in [0.15, 0.2) is 29.0 Å². The Balaban J connectivity index is 0.000000423. The van der Waals surface area contributed by atoms with Gasteiger partial charge in [-0.3, -0.25) is 4.79 Å². The Kier molecular flexibility index (Phi) is 7.37. The molecule has 0 unspecified atom stereocenters. The first kappa shape index (κ1) is 23.8. The van der Waals surface area contributed by atoms with E-state index >= 15 is 0 Å². The molecule has 0 atom stereocenters. The zero-order valence-corrected chi connectivity index (χ0v) is 17.3. The summed E-state index contributed by atoms with van der Waals surface area (Å²) in [5.74, 6) is -1.83. The molecule has 3 heterocycles. The van der Waals surface area contributed by atoms with Gasteiger partial charge in [0.25, 0.3) is 5.91 Å². The number of imidazole rings is 1.